The molecule has 0 bridgehead atoms. The van der Waals surface area contributed by atoms with Crippen molar-refractivity contribution < 1.29 is 4.52 Å². The van der Waals surface area contributed by atoms with Crippen molar-refractivity contribution in [1.29, 1.82) is 0 Å². The van der Waals surface area contributed by atoms with Crippen LogP contribution in [0.4, 0.5) is 0 Å². The lowest BCUT2D eigenvalue weighted by Crippen LogP contribution is -1.83. The summed E-state index contributed by atoms with van der Waals surface area (Å²) in [5.41, 5.74) is 0. The molecular weight excluding hydrogens is 239 g/mol. The van der Waals surface area contributed by atoms with Gasteiger partial charge in [0, 0.05) is 5.75 Å². The Morgan fingerprint density at radius 2 is 2.00 bits per heavy atom. The fourth-order valence-electron chi connectivity index (χ4n) is 0.909. The van der Waals surface area contributed by atoms with Crippen molar-refractivity contribution in [3.63, 3.8) is 0 Å². The fraction of sp³-hybridized carbons (Fsp3) is 1.00. The van der Waals surface area contributed by atoms with Gasteiger partial charge in [-0.2, -0.15) is 0 Å². The zero-order valence-corrected chi connectivity index (χ0v) is 11.8. The van der Waals surface area contributed by atoms with Gasteiger partial charge >= 0.3 is 0 Å². The van der Waals surface area contributed by atoms with Crippen LogP contribution in [0.15, 0.2) is 0 Å². The first-order valence-corrected chi connectivity index (χ1v) is 10.2. The predicted molar refractivity (Wildman–Crippen MR) is 71.5 cm³/mol. The first kappa shape index (κ1) is 14.3. The lowest BCUT2D eigenvalue weighted by atomic mass is 10.2. The average Bonchev–Trinajstić information content (AvgIpc) is 2.04. The molecule has 0 aliphatic heterocycles. The molecule has 0 aliphatic carbocycles. The molecule has 0 radical (unpaired) electrons. The second-order valence-corrected chi connectivity index (χ2v) is 12.5. The molecule has 1 atom stereocenters. The van der Waals surface area contributed by atoms with E-state index in [0.29, 0.717) is 6.61 Å². The highest BCUT2D eigenvalue weighted by Gasteiger charge is 2.10. The largest absolute Gasteiger partial charge is 0.334 e. The molecule has 0 aromatic heterocycles. The molecular formula is C8H19OPS3. The van der Waals surface area contributed by atoms with E-state index in [2.05, 4.69) is 19.2 Å². The van der Waals surface area contributed by atoms with Crippen molar-refractivity contribution in [1.82, 2.24) is 0 Å². The molecule has 13 heavy (non-hydrogen) atoms. The van der Waals surface area contributed by atoms with Crippen LogP contribution in [0.5, 0.6) is 0 Å². The van der Waals surface area contributed by atoms with Crippen molar-refractivity contribution in [2.45, 2.75) is 39.5 Å². The van der Waals surface area contributed by atoms with Gasteiger partial charge in [-0.05, 0) is 25.2 Å². The van der Waals surface area contributed by atoms with Gasteiger partial charge in [-0.3, -0.25) is 0 Å². The minimum atomic E-state index is -1.80. The number of unbranched alkanes of at least 4 members (excludes halogenated alkanes) is 3. The zero-order valence-electron chi connectivity index (χ0n) is 8.36. The molecule has 0 saturated carbocycles. The molecule has 0 fully saturated rings. The third-order valence-electron chi connectivity index (χ3n) is 1.54. The summed E-state index contributed by atoms with van der Waals surface area (Å²) < 4.78 is 3.59. The number of thiol groups is 1. The Kier molecular flexibility index (Phi) is 9.47. The van der Waals surface area contributed by atoms with E-state index in [4.69, 9.17) is 16.3 Å². The molecule has 0 saturated heterocycles. The highest BCUT2D eigenvalue weighted by atomic mass is 33.2. The van der Waals surface area contributed by atoms with Gasteiger partial charge in [0.2, 0.25) is 0 Å². The molecule has 5 heteroatoms. The van der Waals surface area contributed by atoms with Gasteiger partial charge in [0.05, 0.1) is 6.61 Å². The van der Waals surface area contributed by atoms with Crippen LogP contribution in [0, 0.1) is 0 Å². The summed E-state index contributed by atoms with van der Waals surface area (Å²) in [6, 6.07) is 0. The van der Waals surface area contributed by atoms with Gasteiger partial charge in [-0.15, -0.1) is 12.2 Å². The van der Waals surface area contributed by atoms with Gasteiger partial charge in [0.15, 0.2) is 4.67 Å². The Morgan fingerprint density at radius 1 is 1.31 bits per heavy atom. The summed E-state index contributed by atoms with van der Waals surface area (Å²) >= 11 is 11.3. The van der Waals surface area contributed by atoms with Gasteiger partial charge in [-0.25, -0.2) is 0 Å². The first-order chi connectivity index (χ1) is 6.12. The van der Waals surface area contributed by atoms with E-state index < -0.39 is 4.67 Å². The van der Waals surface area contributed by atoms with Gasteiger partial charge in [0.1, 0.15) is 0 Å². The first-order valence-electron chi connectivity index (χ1n) is 4.74. The Bertz CT molecular complexity index is 163. The minimum Gasteiger partial charge on any atom is -0.334 e. The van der Waals surface area contributed by atoms with Gasteiger partial charge in [0.25, 0.3) is 0 Å². The highest BCUT2D eigenvalue weighted by Crippen LogP contribution is 2.64. The summed E-state index contributed by atoms with van der Waals surface area (Å²) in [7, 11) is 0. The minimum absolute atomic E-state index is 0.683. The van der Waals surface area contributed by atoms with Crippen molar-refractivity contribution >= 4 is 40.1 Å². The van der Waals surface area contributed by atoms with Crippen LogP contribution >= 0.6 is 28.3 Å². The quantitative estimate of drug-likeness (QED) is 0.390. The lowest BCUT2D eigenvalue weighted by molar-refractivity contribution is 0.393. The molecule has 0 amide bonds. The predicted octanol–water partition coefficient (Wildman–Crippen LogP) is 4.49. The maximum atomic E-state index is 5.39. The summed E-state index contributed by atoms with van der Waals surface area (Å²) in [6.07, 6.45) is 5.15. The normalized spacial score (nSPS) is 15.6. The Hall–Kier alpha value is 1.31. The Morgan fingerprint density at radius 3 is 2.54 bits per heavy atom. The number of rotatable bonds is 8. The van der Waals surface area contributed by atoms with Crippen LogP contribution in [0.25, 0.3) is 0 Å². The van der Waals surface area contributed by atoms with Crippen LogP contribution < -0.4 is 0 Å². The molecule has 80 valence electrons. The summed E-state index contributed by atoms with van der Waals surface area (Å²) in [5, 5.41) is 0. The van der Waals surface area contributed by atoms with E-state index in [9.17, 15) is 0 Å². The number of hydrogen-bond donors (Lipinski definition) is 1. The highest BCUT2D eigenvalue weighted by molar-refractivity contribution is 8.95. The SMILES string of the molecule is CCCCCCSP(=S)(S)OCC. The average molecular weight is 258 g/mol. The summed E-state index contributed by atoms with van der Waals surface area (Å²) in [5.74, 6) is 1.10. The van der Waals surface area contributed by atoms with Crippen molar-refractivity contribution in [2.75, 3.05) is 12.4 Å². The topological polar surface area (TPSA) is 9.23 Å². The lowest BCUT2D eigenvalue weighted by Gasteiger charge is -2.13. The summed E-state index contributed by atoms with van der Waals surface area (Å²) in [4.78, 5) is 0. The van der Waals surface area contributed by atoms with Gasteiger partial charge < -0.3 is 4.52 Å². The van der Waals surface area contributed by atoms with Crippen LogP contribution in [-0.4, -0.2) is 12.4 Å². The molecule has 0 rings (SSSR count). The second-order valence-electron chi connectivity index (χ2n) is 2.78. The van der Waals surface area contributed by atoms with Gasteiger partial charge in [-0.1, -0.05) is 37.6 Å². The van der Waals surface area contributed by atoms with Crippen LogP contribution in [0.1, 0.15) is 39.5 Å². The fourth-order valence-corrected chi connectivity index (χ4v) is 5.56. The molecule has 0 heterocycles. The van der Waals surface area contributed by atoms with Crippen molar-refractivity contribution in [3.05, 3.63) is 0 Å². The maximum absolute atomic E-state index is 5.39. The van der Waals surface area contributed by atoms with E-state index in [1.807, 2.05) is 6.92 Å². The second kappa shape index (κ2) is 8.60. The van der Waals surface area contributed by atoms with Crippen molar-refractivity contribution in [3.8, 4) is 0 Å². The van der Waals surface area contributed by atoms with Crippen LogP contribution in [0.2, 0.25) is 0 Å². The van der Waals surface area contributed by atoms with E-state index in [0.717, 1.165) is 5.75 Å². The zero-order chi connectivity index (χ0) is 10.2. The third-order valence-corrected chi connectivity index (χ3v) is 7.42. The Labute approximate surface area is 96.4 Å². The van der Waals surface area contributed by atoms with Crippen molar-refractivity contribution in [2.24, 2.45) is 0 Å². The Balaban J connectivity index is 3.35. The van der Waals surface area contributed by atoms with E-state index >= 15 is 0 Å². The van der Waals surface area contributed by atoms with E-state index in [1.54, 1.807) is 11.4 Å². The third kappa shape index (κ3) is 9.61. The van der Waals surface area contributed by atoms with E-state index in [-0.39, 0.29) is 0 Å². The number of hydrogen-bond acceptors (Lipinski definition) is 3. The monoisotopic (exact) mass is 258 g/mol. The van der Waals surface area contributed by atoms with E-state index in [1.165, 1.54) is 25.7 Å². The molecule has 0 spiro atoms. The van der Waals surface area contributed by atoms with Crippen LogP contribution in [-0.2, 0) is 16.3 Å². The molecule has 0 aromatic carbocycles. The molecule has 0 N–H and O–H groups in total. The molecule has 0 aromatic rings. The van der Waals surface area contributed by atoms with Crippen LogP contribution in [0.3, 0.4) is 0 Å². The smallest absolute Gasteiger partial charge is 0.171 e. The molecule has 1 unspecified atom stereocenters. The summed E-state index contributed by atoms with van der Waals surface area (Å²) in [6.45, 7) is 4.87. The maximum Gasteiger partial charge on any atom is 0.171 e. The molecule has 0 aliphatic rings. The molecule has 1 nitrogen and oxygen atoms in total. The standard InChI is InChI=1S/C8H19OPS3/c1-3-5-6-7-8-13-10(11,12)9-4-2/h3-8H2,1-2H3,(H,11,12).